The molecule has 3 aromatic rings. The fourth-order valence-corrected chi connectivity index (χ4v) is 3.55. The van der Waals surface area contributed by atoms with E-state index in [9.17, 15) is 13.2 Å². The Morgan fingerprint density at radius 2 is 1.85 bits per heavy atom. The van der Waals surface area contributed by atoms with Crippen molar-refractivity contribution < 1.29 is 17.9 Å². The van der Waals surface area contributed by atoms with E-state index in [1.165, 1.54) is 12.1 Å². The minimum absolute atomic E-state index is 0.153. The number of aryl methyl sites for hydroxylation is 1. The number of anilines is 1. The number of ether oxygens (including phenoxy) is 1. The Kier molecular flexibility index (Phi) is 5.73. The SMILES string of the molecule is COc1cc2nc(C)nc(NC(C)c3cccc(C(F)F)c3F)c2cc1I. The van der Waals surface area contributed by atoms with Gasteiger partial charge in [0.25, 0.3) is 6.43 Å². The monoisotopic (exact) mass is 487 g/mol. The lowest BCUT2D eigenvalue weighted by molar-refractivity contribution is 0.146. The van der Waals surface area contributed by atoms with Crippen molar-refractivity contribution in [2.24, 2.45) is 0 Å². The van der Waals surface area contributed by atoms with E-state index < -0.39 is 23.8 Å². The van der Waals surface area contributed by atoms with Crippen LogP contribution in [0.3, 0.4) is 0 Å². The Labute approximate surface area is 168 Å². The van der Waals surface area contributed by atoms with Crippen LogP contribution in [0.15, 0.2) is 30.3 Å². The number of hydrogen-bond acceptors (Lipinski definition) is 4. The summed E-state index contributed by atoms with van der Waals surface area (Å²) in [5.41, 5.74) is 0.223. The molecule has 0 amide bonds. The van der Waals surface area contributed by atoms with Crippen molar-refractivity contribution in [3.63, 3.8) is 0 Å². The summed E-state index contributed by atoms with van der Waals surface area (Å²) in [6, 6.07) is 7.11. The van der Waals surface area contributed by atoms with Crippen molar-refractivity contribution in [3.8, 4) is 5.75 Å². The van der Waals surface area contributed by atoms with Gasteiger partial charge in [-0.3, -0.25) is 0 Å². The van der Waals surface area contributed by atoms with Crippen molar-refractivity contribution >= 4 is 39.3 Å². The van der Waals surface area contributed by atoms with Gasteiger partial charge in [-0.05, 0) is 42.5 Å². The summed E-state index contributed by atoms with van der Waals surface area (Å²) in [4.78, 5) is 8.83. The number of nitrogens with one attached hydrogen (secondary N) is 1. The van der Waals surface area contributed by atoms with Crippen LogP contribution >= 0.6 is 22.6 Å². The Bertz CT molecular complexity index is 998. The lowest BCUT2D eigenvalue weighted by Gasteiger charge is -2.19. The highest BCUT2D eigenvalue weighted by Crippen LogP contribution is 2.33. The van der Waals surface area contributed by atoms with E-state index in [1.807, 2.05) is 6.07 Å². The number of methoxy groups -OCH3 is 1. The molecule has 0 aliphatic carbocycles. The number of aromatic nitrogens is 2. The van der Waals surface area contributed by atoms with E-state index in [2.05, 4.69) is 37.9 Å². The third-order valence-electron chi connectivity index (χ3n) is 4.19. The number of fused-ring (bicyclic) bond motifs is 1. The molecule has 142 valence electrons. The summed E-state index contributed by atoms with van der Waals surface area (Å²) < 4.78 is 46.6. The van der Waals surface area contributed by atoms with Gasteiger partial charge in [0.15, 0.2) is 0 Å². The molecule has 0 fully saturated rings. The molecule has 3 rings (SSSR count). The molecule has 1 heterocycles. The summed E-state index contributed by atoms with van der Waals surface area (Å²) in [6.45, 7) is 3.45. The molecule has 1 atom stereocenters. The zero-order valence-corrected chi connectivity index (χ0v) is 17.0. The Morgan fingerprint density at radius 3 is 2.52 bits per heavy atom. The second-order valence-electron chi connectivity index (χ2n) is 6.04. The maximum Gasteiger partial charge on any atom is 0.266 e. The van der Waals surface area contributed by atoms with Crippen molar-refractivity contribution in [2.45, 2.75) is 26.3 Å². The maximum atomic E-state index is 14.5. The van der Waals surface area contributed by atoms with Crippen LogP contribution in [0, 0.1) is 16.3 Å². The Hall–Kier alpha value is -2.10. The van der Waals surface area contributed by atoms with E-state index in [0.717, 1.165) is 15.0 Å². The highest BCUT2D eigenvalue weighted by Gasteiger charge is 2.20. The molecular formula is C19H17F3IN3O. The van der Waals surface area contributed by atoms with Crippen LogP contribution in [0.25, 0.3) is 10.9 Å². The molecular weight excluding hydrogens is 470 g/mol. The normalized spacial score (nSPS) is 12.4. The predicted molar refractivity (Wildman–Crippen MR) is 107 cm³/mol. The zero-order chi connectivity index (χ0) is 19.7. The van der Waals surface area contributed by atoms with Crippen LogP contribution in [0.4, 0.5) is 19.0 Å². The van der Waals surface area contributed by atoms with Crippen LogP contribution in [-0.2, 0) is 0 Å². The van der Waals surface area contributed by atoms with Crippen LogP contribution in [0.5, 0.6) is 5.75 Å². The van der Waals surface area contributed by atoms with E-state index in [-0.39, 0.29) is 5.56 Å². The van der Waals surface area contributed by atoms with Gasteiger partial charge in [-0.25, -0.2) is 23.1 Å². The molecule has 0 aliphatic heterocycles. The highest BCUT2D eigenvalue weighted by molar-refractivity contribution is 14.1. The topological polar surface area (TPSA) is 47.0 Å². The number of hydrogen-bond donors (Lipinski definition) is 1. The maximum absolute atomic E-state index is 14.5. The first-order valence-electron chi connectivity index (χ1n) is 8.16. The van der Waals surface area contributed by atoms with Crippen LogP contribution < -0.4 is 10.1 Å². The lowest BCUT2D eigenvalue weighted by atomic mass is 10.0. The first kappa shape index (κ1) is 19.7. The van der Waals surface area contributed by atoms with Gasteiger partial charge in [-0.15, -0.1) is 0 Å². The minimum atomic E-state index is -2.87. The molecule has 0 radical (unpaired) electrons. The van der Waals surface area contributed by atoms with Crippen molar-refractivity contribution in [2.75, 3.05) is 12.4 Å². The number of nitrogens with zero attached hydrogens (tertiary/aromatic N) is 2. The van der Waals surface area contributed by atoms with Crippen molar-refractivity contribution in [1.82, 2.24) is 9.97 Å². The summed E-state index contributed by atoms with van der Waals surface area (Å²) >= 11 is 2.14. The molecule has 2 aromatic carbocycles. The number of halogens is 4. The van der Waals surface area contributed by atoms with Crippen LogP contribution in [-0.4, -0.2) is 17.1 Å². The van der Waals surface area contributed by atoms with Crippen molar-refractivity contribution in [3.05, 3.63) is 56.7 Å². The highest BCUT2D eigenvalue weighted by atomic mass is 127. The van der Waals surface area contributed by atoms with Gasteiger partial charge in [-0.1, -0.05) is 18.2 Å². The Balaban J connectivity index is 2.04. The number of alkyl halides is 2. The molecule has 1 N–H and O–H groups in total. The molecule has 27 heavy (non-hydrogen) atoms. The summed E-state index contributed by atoms with van der Waals surface area (Å²) in [5, 5.41) is 3.87. The van der Waals surface area contributed by atoms with E-state index in [1.54, 1.807) is 27.0 Å². The van der Waals surface area contributed by atoms with Gasteiger partial charge < -0.3 is 10.1 Å². The van der Waals surface area contributed by atoms with Crippen LogP contribution in [0.1, 0.15) is 36.3 Å². The Morgan fingerprint density at radius 1 is 1.15 bits per heavy atom. The summed E-state index contributed by atoms with van der Waals surface area (Å²) in [6.07, 6.45) is -2.87. The third kappa shape index (κ3) is 3.95. The molecule has 0 saturated carbocycles. The second-order valence-corrected chi connectivity index (χ2v) is 7.20. The zero-order valence-electron chi connectivity index (χ0n) is 14.9. The van der Waals surface area contributed by atoms with Crippen LogP contribution in [0.2, 0.25) is 0 Å². The van der Waals surface area contributed by atoms with Gasteiger partial charge in [0.2, 0.25) is 0 Å². The number of rotatable bonds is 5. The summed E-state index contributed by atoms with van der Waals surface area (Å²) in [7, 11) is 1.58. The molecule has 8 heteroatoms. The van der Waals surface area contributed by atoms with Gasteiger partial charge in [0, 0.05) is 17.0 Å². The van der Waals surface area contributed by atoms with Gasteiger partial charge >= 0.3 is 0 Å². The predicted octanol–water partition coefficient (Wildman–Crippen LogP) is 5.80. The molecule has 0 saturated heterocycles. The molecule has 0 spiro atoms. The first-order valence-corrected chi connectivity index (χ1v) is 9.24. The molecule has 1 unspecified atom stereocenters. The fraction of sp³-hybridized carbons (Fsp3) is 0.263. The lowest BCUT2D eigenvalue weighted by Crippen LogP contribution is -2.12. The number of benzene rings is 2. The van der Waals surface area contributed by atoms with E-state index >= 15 is 0 Å². The molecule has 4 nitrogen and oxygen atoms in total. The minimum Gasteiger partial charge on any atom is -0.496 e. The molecule has 0 bridgehead atoms. The van der Waals surface area contributed by atoms with Gasteiger partial charge in [0.1, 0.15) is 23.2 Å². The van der Waals surface area contributed by atoms with E-state index in [0.29, 0.717) is 22.9 Å². The van der Waals surface area contributed by atoms with Crippen molar-refractivity contribution in [1.29, 1.82) is 0 Å². The smallest absolute Gasteiger partial charge is 0.266 e. The third-order valence-corrected chi connectivity index (χ3v) is 5.04. The van der Waals surface area contributed by atoms with Gasteiger partial charge in [-0.2, -0.15) is 0 Å². The first-order chi connectivity index (χ1) is 12.8. The molecule has 0 aliphatic rings. The molecule has 1 aromatic heterocycles. The quantitative estimate of drug-likeness (QED) is 0.463. The summed E-state index contributed by atoms with van der Waals surface area (Å²) in [5.74, 6) is 0.824. The largest absolute Gasteiger partial charge is 0.496 e. The second kappa shape index (κ2) is 7.87. The fourth-order valence-electron chi connectivity index (χ4n) is 2.87. The average Bonchev–Trinajstić information content (AvgIpc) is 2.61. The van der Waals surface area contributed by atoms with E-state index in [4.69, 9.17) is 4.74 Å². The average molecular weight is 487 g/mol. The van der Waals surface area contributed by atoms with Gasteiger partial charge in [0.05, 0.1) is 27.8 Å². The standard InChI is InChI=1S/C19H17F3IN3O/c1-9(11-5-4-6-12(17(11)20)18(21)22)24-19-13-7-14(23)16(27-3)8-15(13)25-10(2)26-19/h4-9,18H,1-3H3,(H,24,25,26).